The van der Waals surface area contributed by atoms with E-state index in [-0.39, 0.29) is 38.6 Å². The minimum absolute atomic E-state index is 0.0510. The summed E-state index contributed by atoms with van der Waals surface area (Å²) >= 11 is 0. The number of esters is 2. The molecule has 0 aromatic carbocycles. The zero-order valence-electron chi connectivity index (χ0n) is 33.3. The average Bonchev–Trinajstić information content (AvgIpc) is 3.88. The summed E-state index contributed by atoms with van der Waals surface area (Å²) in [4.78, 5) is 34.8. The zero-order valence-corrected chi connectivity index (χ0v) is 34.1. The van der Waals surface area contributed by atoms with Crippen LogP contribution in [0.2, 0.25) is 0 Å². The number of allylic oxidation sites excluding steroid dienone is 1. The predicted molar refractivity (Wildman–Crippen MR) is 210 cm³/mol. The van der Waals surface area contributed by atoms with E-state index in [2.05, 4.69) is 26.0 Å². The molecule has 1 fully saturated rings. The van der Waals surface area contributed by atoms with Crippen LogP contribution in [0.1, 0.15) is 194 Å². The standard InChI is InChI=1S/C41H78NO9P/c1-3-5-7-8-9-10-11-12-13-14-15-16-20-23-27-31-40(43)47-35-37(36-49-52(45,46)48-34-33-42)50-41(44)32-28-24-21-18-17-19-22-26-30-39-38(51-39)29-25-6-4-2/h22,26,37-39H,3-21,23-25,27-36,42H2,1-2H3,(H,45,46)/b26-22-/t37-,38?,39?/m1/s1. The van der Waals surface area contributed by atoms with Gasteiger partial charge in [0, 0.05) is 19.4 Å². The van der Waals surface area contributed by atoms with Crippen molar-refractivity contribution in [2.24, 2.45) is 5.73 Å². The Labute approximate surface area is 317 Å². The molecule has 3 unspecified atom stereocenters. The lowest BCUT2D eigenvalue weighted by Crippen LogP contribution is -2.29. The van der Waals surface area contributed by atoms with Crippen LogP contribution in [0, 0.1) is 0 Å². The van der Waals surface area contributed by atoms with Gasteiger partial charge in [-0.15, -0.1) is 0 Å². The molecule has 0 saturated carbocycles. The van der Waals surface area contributed by atoms with Crippen molar-refractivity contribution >= 4 is 19.8 Å². The molecule has 52 heavy (non-hydrogen) atoms. The van der Waals surface area contributed by atoms with Crippen LogP contribution in [0.4, 0.5) is 0 Å². The van der Waals surface area contributed by atoms with Gasteiger partial charge < -0.3 is 24.8 Å². The fourth-order valence-corrected chi connectivity index (χ4v) is 7.05. The molecule has 0 bridgehead atoms. The van der Waals surface area contributed by atoms with Gasteiger partial charge in [0.2, 0.25) is 0 Å². The molecule has 11 heteroatoms. The third kappa shape index (κ3) is 31.1. The highest BCUT2D eigenvalue weighted by molar-refractivity contribution is 7.47. The van der Waals surface area contributed by atoms with Gasteiger partial charge in [-0.2, -0.15) is 0 Å². The highest BCUT2D eigenvalue weighted by atomic mass is 31.2. The number of epoxide rings is 1. The average molecular weight is 760 g/mol. The van der Waals surface area contributed by atoms with Crippen LogP contribution in [0.25, 0.3) is 0 Å². The van der Waals surface area contributed by atoms with Gasteiger partial charge in [0.15, 0.2) is 6.10 Å². The summed E-state index contributed by atoms with van der Waals surface area (Å²) in [5, 5.41) is 0. The van der Waals surface area contributed by atoms with E-state index in [0.29, 0.717) is 18.6 Å². The lowest BCUT2D eigenvalue weighted by Gasteiger charge is -2.19. The molecule has 0 radical (unpaired) electrons. The molecular formula is C41H78NO9P. The van der Waals surface area contributed by atoms with E-state index in [1.54, 1.807) is 0 Å². The zero-order chi connectivity index (χ0) is 38.0. The fourth-order valence-electron chi connectivity index (χ4n) is 6.29. The molecule has 3 N–H and O–H groups in total. The number of nitrogens with two attached hydrogens (primary N) is 1. The van der Waals surface area contributed by atoms with Crippen molar-refractivity contribution < 1.29 is 42.3 Å². The van der Waals surface area contributed by atoms with Crippen molar-refractivity contribution in [2.75, 3.05) is 26.4 Å². The highest BCUT2D eigenvalue weighted by Crippen LogP contribution is 2.43. The van der Waals surface area contributed by atoms with Gasteiger partial charge in [0.25, 0.3) is 0 Å². The Bertz CT molecular complexity index is 934. The Hall–Kier alpha value is -1.29. The first-order valence-electron chi connectivity index (χ1n) is 21.3. The minimum atomic E-state index is -4.38. The fraction of sp³-hybridized carbons (Fsp3) is 0.902. The second-order valence-corrected chi connectivity index (χ2v) is 16.1. The summed E-state index contributed by atoms with van der Waals surface area (Å²) in [6.45, 7) is 3.69. The summed E-state index contributed by atoms with van der Waals surface area (Å²) in [6, 6.07) is 0. The van der Waals surface area contributed by atoms with Crippen LogP contribution < -0.4 is 5.73 Å². The van der Waals surface area contributed by atoms with Crippen molar-refractivity contribution in [3.05, 3.63) is 12.2 Å². The first kappa shape index (κ1) is 48.7. The maximum Gasteiger partial charge on any atom is 0.472 e. The summed E-state index contributed by atoms with van der Waals surface area (Å²) in [7, 11) is -4.38. The SMILES string of the molecule is CCCCCCCCCCCCCCCCCC(=O)OC[C@H](COP(=O)(O)OCCN)OC(=O)CCCCCCC/C=C\CC1OC1CCCCC. The van der Waals surface area contributed by atoms with Gasteiger partial charge in [-0.3, -0.25) is 18.6 Å². The van der Waals surface area contributed by atoms with E-state index in [1.165, 1.54) is 103 Å². The van der Waals surface area contributed by atoms with Gasteiger partial charge in [-0.05, 0) is 38.5 Å². The van der Waals surface area contributed by atoms with Crippen LogP contribution in [-0.4, -0.2) is 61.5 Å². The lowest BCUT2D eigenvalue weighted by atomic mass is 10.0. The molecule has 1 aliphatic heterocycles. The molecule has 306 valence electrons. The number of hydrogen-bond donors (Lipinski definition) is 2. The van der Waals surface area contributed by atoms with Crippen molar-refractivity contribution in [1.82, 2.24) is 0 Å². The first-order valence-corrected chi connectivity index (χ1v) is 22.8. The van der Waals surface area contributed by atoms with E-state index in [1.807, 2.05) is 0 Å². The van der Waals surface area contributed by atoms with Gasteiger partial charge in [-0.1, -0.05) is 154 Å². The quantitative estimate of drug-likeness (QED) is 0.0204. The molecule has 1 heterocycles. The Morgan fingerprint density at radius 2 is 1.19 bits per heavy atom. The molecule has 1 saturated heterocycles. The van der Waals surface area contributed by atoms with Gasteiger partial charge in [0.1, 0.15) is 6.61 Å². The predicted octanol–water partition coefficient (Wildman–Crippen LogP) is 10.8. The number of phosphoric ester groups is 1. The van der Waals surface area contributed by atoms with Crippen molar-refractivity contribution in [1.29, 1.82) is 0 Å². The van der Waals surface area contributed by atoms with Crippen LogP contribution in [0.5, 0.6) is 0 Å². The molecule has 0 spiro atoms. The first-order chi connectivity index (χ1) is 25.3. The number of ether oxygens (including phenoxy) is 3. The number of unbranched alkanes of at least 4 members (excludes halogenated alkanes) is 21. The Morgan fingerprint density at radius 3 is 1.77 bits per heavy atom. The maximum absolute atomic E-state index is 12.6. The summed E-state index contributed by atoms with van der Waals surface area (Å²) in [5.41, 5.74) is 5.34. The van der Waals surface area contributed by atoms with Crippen molar-refractivity contribution in [3.8, 4) is 0 Å². The second-order valence-electron chi connectivity index (χ2n) is 14.6. The normalized spacial score (nSPS) is 17.3. The molecule has 1 rings (SSSR count). The molecular weight excluding hydrogens is 681 g/mol. The summed E-state index contributed by atoms with van der Waals surface area (Å²) in [5.74, 6) is -0.842. The number of hydrogen-bond acceptors (Lipinski definition) is 9. The molecule has 4 atom stereocenters. The van der Waals surface area contributed by atoms with Gasteiger partial charge in [0.05, 0.1) is 25.4 Å². The minimum Gasteiger partial charge on any atom is -0.462 e. The van der Waals surface area contributed by atoms with E-state index in [0.717, 1.165) is 57.8 Å². The van der Waals surface area contributed by atoms with E-state index in [4.69, 9.17) is 29.0 Å². The smallest absolute Gasteiger partial charge is 0.462 e. The Morgan fingerprint density at radius 1 is 0.673 bits per heavy atom. The van der Waals surface area contributed by atoms with Gasteiger partial charge >= 0.3 is 19.8 Å². The van der Waals surface area contributed by atoms with Crippen molar-refractivity contribution in [3.63, 3.8) is 0 Å². The maximum atomic E-state index is 12.6. The van der Waals surface area contributed by atoms with E-state index >= 15 is 0 Å². The van der Waals surface area contributed by atoms with Crippen molar-refractivity contribution in [2.45, 2.75) is 212 Å². The molecule has 0 aromatic rings. The molecule has 1 aliphatic rings. The third-order valence-electron chi connectivity index (χ3n) is 9.58. The van der Waals surface area contributed by atoms with E-state index < -0.39 is 26.5 Å². The number of carbonyl (C=O) groups is 2. The number of phosphoric acid groups is 1. The molecule has 0 amide bonds. The second kappa shape index (κ2) is 34.2. The number of rotatable bonds is 39. The highest BCUT2D eigenvalue weighted by Gasteiger charge is 2.36. The Kier molecular flexibility index (Phi) is 32.1. The molecule has 0 aromatic heterocycles. The lowest BCUT2D eigenvalue weighted by molar-refractivity contribution is -0.161. The number of carbonyl (C=O) groups excluding carboxylic acids is 2. The van der Waals surface area contributed by atoms with E-state index in [9.17, 15) is 19.0 Å². The summed E-state index contributed by atoms with van der Waals surface area (Å²) < 4.78 is 38.5. The summed E-state index contributed by atoms with van der Waals surface area (Å²) in [6.07, 6.45) is 35.5. The molecule has 10 nitrogen and oxygen atoms in total. The monoisotopic (exact) mass is 760 g/mol. The Balaban J connectivity index is 2.17. The van der Waals surface area contributed by atoms with Crippen LogP contribution in [0.3, 0.4) is 0 Å². The largest absolute Gasteiger partial charge is 0.472 e. The van der Waals surface area contributed by atoms with Gasteiger partial charge in [-0.25, -0.2) is 4.57 Å². The van der Waals surface area contributed by atoms with Crippen LogP contribution >= 0.6 is 7.82 Å². The van der Waals surface area contributed by atoms with Crippen LogP contribution in [-0.2, 0) is 37.4 Å². The topological polar surface area (TPSA) is 147 Å². The third-order valence-corrected chi connectivity index (χ3v) is 10.6. The molecule has 0 aliphatic carbocycles. The van der Waals surface area contributed by atoms with Crippen LogP contribution in [0.15, 0.2) is 12.2 Å².